The van der Waals surface area contributed by atoms with Crippen molar-refractivity contribution >= 4 is 32.3 Å². The molecule has 0 fully saturated rings. The predicted molar refractivity (Wildman–Crippen MR) is 122 cm³/mol. The number of aromatic nitrogens is 4. The van der Waals surface area contributed by atoms with Crippen LogP contribution in [-0.4, -0.2) is 59.7 Å². The number of benzene rings is 1. The summed E-state index contributed by atoms with van der Waals surface area (Å²) in [5.41, 5.74) is 4.27. The first-order valence-electron chi connectivity index (χ1n) is 9.75. The fourth-order valence-electron chi connectivity index (χ4n) is 3.33. The average molecular weight is 451 g/mol. The van der Waals surface area contributed by atoms with Crippen LogP contribution in [0.5, 0.6) is 0 Å². The van der Waals surface area contributed by atoms with Crippen LogP contribution in [0.2, 0.25) is 0 Å². The minimum Gasteiger partial charge on any atom is -0.319 e. The SMILES string of the molecule is CN(C)Cc1cncc(-c2ccc3[nH]nc(C(=O)Nc4ccc(S(C)(=O)=O)nc4)c3c2)c1. The molecule has 0 atom stereocenters. The Morgan fingerprint density at radius 2 is 1.88 bits per heavy atom. The third-order valence-corrected chi connectivity index (χ3v) is 5.78. The molecule has 9 nitrogen and oxygen atoms in total. The van der Waals surface area contributed by atoms with Gasteiger partial charge in [0.1, 0.15) is 0 Å². The third kappa shape index (κ3) is 4.66. The number of pyridine rings is 2. The molecule has 10 heteroatoms. The monoisotopic (exact) mass is 450 g/mol. The second kappa shape index (κ2) is 8.48. The van der Waals surface area contributed by atoms with Crippen molar-refractivity contribution in [2.24, 2.45) is 0 Å². The largest absolute Gasteiger partial charge is 0.319 e. The van der Waals surface area contributed by atoms with Crippen LogP contribution in [0.25, 0.3) is 22.0 Å². The number of fused-ring (bicyclic) bond motifs is 1. The number of H-pyrrole nitrogens is 1. The highest BCUT2D eigenvalue weighted by Gasteiger charge is 2.16. The van der Waals surface area contributed by atoms with E-state index in [0.717, 1.165) is 35.0 Å². The van der Waals surface area contributed by atoms with Crippen LogP contribution in [0.3, 0.4) is 0 Å². The van der Waals surface area contributed by atoms with Crippen LogP contribution >= 0.6 is 0 Å². The Balaban J connectivity index is 1.62. The molecular formula is C22H22N6O3S. The number of sulfone groups is 1. The van der Waals surface area contributed by atoms with E-state index < -0.39 is 15.7 Å². The number of rotatable bonds is 6. The highest BCUT2D eigenvalue weighted by Crippen LogP contribution is 2.26. The second-order valence-corrected chi connectivity index (χ2v) is 9.73. The van der Waals surface area contributed by atoms with Gasteiger partial charge in [-0.05, 0) is 55.6 Å². The van der Waals surface area contributed by atoms with Gasteiger partial charge < -0.3 is 10.2 Å². The second-order valence-electron chi connectivity index (χ2n) is 7.76. The summed E-state index contributed by atoms with van der Waals surface area (Å²) in [5.74, 6) is -0.429. The Labute approximate surface area is 185 Å². The maximum atomic E-state index is 12.8. The molecule has 0 saturated heterocycles. The molecule has 32 heavy (non-hydrogen) atoms. The Kier molecular flexibility index (Phi) is 5.72. The van der Waals surface area contributed by atoms with E-state index >= 15 is 0 Å². The zero-order chi connectivity index (χ0) is 22.9. The molecular weight excluding hydrogens is 428 g/mol. The lowest BCUT2D eigenvalue weighted by Gasteiger charge is -2.10. The first kappa shape index (κ1) is 21.6. The molecule has 1 aromatic carbocycles. The van der Waals surface area contributed by atoms with Gasteiger partial charge in [0, 0.05) is 36.1 Å². The van der Waals surface area contributed by atoms with Gasteiger partial charge in [-0.15, -0.1) is 0 Å². The number of nitrogens with zero attached hydrogens (tertiary/aromatic N) is 4. The average Bonchev–Trinajstić information content (AvgIpc) is 3.16. The van der Waals surface area contributed by atoms with Gasteiger partial charge in [0.15, 0.2) is 20.6 Å². The molecule has 164 valence electrons. The summed E-state index contributed by atoms with van der Waals surface area (Å²) in [4.78, 5) is 23.1. The molecule has 0 aliphatic rings. The van der Waals surface area contributed by atoms with E-state index in [2.05, 4.69) is 36.4 Å². The molecule has 3 heterocycles. The highest BCUT2D eigenvalue weighted by atomic mass is 32.2. The van der Waals surface area contributed by atoms with E-state index in [1.165, 1.54) is 18.3 Å². The Morgan fingerprint density at radius 3 is 2.56 bits per heavy atom. The van der Waals surface area contributed by atoms with E-state index in [1.807, 2.05) is 38.5 Å². The van der Waals surface area contributed by atoms with Crippen LogP contribution in [0.15, 0.2) is 60.0 Å². The van der Waals surface area contributed by atoms with Crippen molar-refractivity contribution in [3.63, 3.8) is 0 Å². The van der Waals surface area contributed by atoms with Crippen molar-refractivity contribution in [3.8, 4) is 11.1 Å². The number of hydrogen-bond acceptors (Lipinski definition) is 7. The summed E-state index contributed by atoms with van der Waals surface area (Å²) >= 11 is 0. The zero-order valence-electron chi connectivity index (χ0n) is 17.8. The van der Waals surface area contributed by atoms with Gasteiger partial charge in [-0.3, -0.25) is 14.9 Å². The normalized spacial score (nSPS) is 11.8. The third-order valence-electron chi connectivity index (χ3n) is 4.78. The quantitative estimate of drug-likeness (QED) is 0.463. The van der Waals surface area contributed by atoms with Crippen LogP contribution < -0.4 is 5.32 Å². The maximum Gasteiger partial charge on any atom is 0.276 e. The lowest BCUT2D eigenvalue weighted by Crippen LogP contribution is -2.13. The fraction of sp³-hybridized carbons (Fsp3) is 0.182. The van der Waals surface area contributed by atoms with E-state index in [0.29, 0.717) is 11.1 Å². The minimum absolute atomic E-state index is 0.0598. The maximum absolute atomic E-state index is 12.8. The molecule has 0 saturated carbocycles. The van der Waals surface area contributed by atoms with Crippen molar-refractivity contribution in [1.29, 1.82) is 0 Å². The fourth-order valence-corrected chi connectivity index (χ4v) is 3.89. The number of amides is 1. The zero-order valence-corrected chi connectivity index (χ0v) is 18.6. The Hall–Kier alpha value is -3.63. The minimum atomic E-state index is -3.41. The smallest absolute Gasteiger partial charge is 0.276 e. The summed E-state index contributed by atoms with van der Waals surface area (Å²) in [5, 5.41) is 10.4. The highest BCUT2D eigenvalue weighted by molar-refractivity contribution is 7.90. The number of carbonyl (C=O) groups is 1. The summed E-state index contributed by atoms with van der Waals surface area (Å²) in [6.07, 6.45) is 6.00. The van der Waals surface area contributed by atoms with E-state index in [1.54, 1.807) is 6.20 Å². The van der Waals surface area contributed by atoms with Gasteiger partial charge in [0.05, 0.1) is 17.4 Å². The molecule has 0 radical (unpaired) electrons. The summed E-state index contributed by atoms with van der Waals surface area (Å²) < 4.78 is 23.1. The number of hydrogen-bond donors (Lipinski definition) is 2. The van der Waals surface area contributed by atoms with Gasteiger partial charge >= 0.3 is 0 Å². The van der Waals surface area contributed by atoms with Crippen LogP contribution in [0.1, 0.15) is 16.1 Å². The summed E-state index contributed by atoms with van der Waals surface area (Å²) in [6.45, 7) is 0.772. The molecule has 4 aromatic rings. The van der Waals surface area contributed by atoms with Crippen molar-refractivity contribution < 1.29 is 13.2 Å². The number of carbonyl (C=O) groups excluding carboxylic acids is 1. The summed E-state index contributed by atoms with van der Waals surface area (Å²) in [7, 11) is 0.589. The number of nitrogens with one attached hydrogen (secondary N) is 2. The Bertz CT molecular complexity index is 1390. The molecule has 2 N–H and O–H groups in total. The van der Waals surface area contributed by atoms with Crippen LogP contribution in [0.4, 0.5) is 5.69 Å². The number of anilines is 1. The molecule has 1 amide bonds. The van der Waals surface area contributed by atoms with Gasteiger partial charge in [-0.2, -0.15) is 5.10 Å². The molecule has 0 aliphatic heterocycles. The lowest BCUT2D eigenvalue weighted by atomic mass is 10.0. The summed E-state index contributed by atoms with van der Waals surface area (Å²) in [6, 6.07) is 10.6. The lowest BCUT2D eigenvalue weighted by molar-refractivity contribution is 0.102. The molecule has 0 unspecified atom stereocenters. The molecule has 3 aromatic heterocycles. The molecule has 0 spiro atoms. The Morgan fingerprint density at radius 1 is 1.06 bits per heavy atom. The van der Waals surface area contributed by atoms with Gasteiger partial charge in [-0.1, -0.05) is 6.07 Å². The molecule has 0 bridgehead atoms. The van der Waals surface area contributed by atoms with Crippen molar-refractivity contribution in [2.75, 3.05) is 25.7 Å². The van der Waals surface area contributed by atoms with Crippen LogP contribution in [-0.2, 0) is 16.4 Å². The molecule has 4 rings (SSSR count). The first-order valence-corrected chi connectivity index (χ1v) is 11.6. The predicted octanol–water partition coefficient (Wildman–Crippen LogP) is 2.74. The standard InChI is InChI=1S/C22H22N6O3S/c1-28(2)13-14-8-16(11-23-10-14)15-4-6-19-18(9-15)21(27-26-19)22(29)25-17-5-7-20(24-12-17)32(3,30)31/h4-12H,13H2,1-3H3,(H,25,29)(H,26,27). The van der Waals surface area contributed by atoms with E-state index in [9.17, 15) is 13.2 Å². The van der Waals surface area contributed by atoms with Gasteiger partial charge in [-0.25, -0.2) is 13.4 Å². The topological polar surface area (TPSA) is 121 Å². The van der Waals surface area contributed by atoms with Crippen molar-refractivity contribution in [1.82, 2.24) is 25.1 Å². The number of aromatic amines is 1. The van der Waals surface area contributed by atoms with Crippen molar-refractivity contribution in [3.05, 3.63) is 66.2 Å². The van der Waals surface area contributed by atoms with Gasteiger partial charge in [0.2, 0.25) is 0 Å². The van der Waals surface area contributed by atoms with E-state index in [4.69, 9.17) is 0 Å². The van der Waals surface area contributed by atoms with Crippen LogP contribution in [0, 0.1) is 0 Å². The van der Waals surface area contributed by atoms with Crippen molar-refractivity contribution in [2.45, 2.75) is 11.6 Å². The first-order chi connectivity index (χ1) is 15.2. The van der Waals surface area contributed by atoms with E-state index in [-0.39, 0.29) is 10.7 Å². The van der Waals surface area contributed by atoms with Gasteiger partial charge in [0.25, 0.3) is 5.91 Å². The molecule has 0 aliphatic carbocycles.